The van der Waals surface area contributed by atoms with Crippen molar-refractivity contribution < 1.29 is 33.4 Å². The topological polar surface area (TPSA) is 168 Å². The Labute approximate surface area is 390 Å². The first-order valence-electron chi connectivity index (χ1n) is 23.2. The number of hydrazine groups is 1. The third-order valence-corrected chi connectivity index (χ3v) is 14.7. The highest BCUT2D eigenvalue weighted by Gasteiger charge is 2.54. The fourth-order valence-corrected chi connectivity index (χ4v) is 11.2. The number of carbonyl (C=O) groups excluding carboxylic acids is 5. The third-order valence-electron chi connectivity index (χ3n) is 13.8. The maximum Gasteiger partial charge on any atom is 0.324 e. The average molecular weight is 919 g/mol. The highest BCUT2D eigenvalue weighted by atomic mass is 32.1. The van der Waals surface area contributed by atoms with E-state index < -0.39 is 46.7 Å². The van der Waals surface area contributed by atoms with Crippen LogP contribution in [0.2, 0.25) is 0 Å². The van der Waals surface area contributed by atoms with Crippen LogP contribution < -0.4 is 10.7 Å². The number of hydrogen-bond donors (Lipinski definition) is 2. The molecule has 8 rings (SSSR count). The predicted molar refractivity (Wildman–Crippen MR) is 251 cm³/mol. The minimum absolute atomic E-state index is 0.0836. The van der Waals surface area contributed by atoms with Gasteiger partial charge in [0, 0.05) is 85.3 Å². The van der Waals surface area contributed by atoms with Gasteiger partial charge >= 0.3 is 5.97 Å². The van der Waals surface area contributed by atoms with Crippen molar-refractivity contribution in [2.45, 2.75) is 118 Å². The van der Waals surface area contributed by atoms with Gasteiger partial charge in [0.15, 0.2) is 0 Å². The first-order chi connectivity index (χ1) is 31.6. The molecule has 4 aromatic rings. The highest BCUT2D eigenvalue weighted by Crippen LogP contribution is 2.44. The molecule has 7 heterocycles. The minimum atomic E-state index is -1.07. The molecule has 15 nitrogen and oxygen atoms in total. The van der Waals surface area contributed by atoms with Crippen LogP contribution in [0.5, 0.6) is 0 Å². The zero-order chi connectivity index (χ0) is 47.1. The summed E-state index contributed by atoms with van der Waals surface area (Å²) in [5.41, 5.74) is 8.51. The number of cyclic esters (lactones) is 1. The van der Waals surface area contributed by atoms with Gasteiger partial charge in [-0.2, -0.15) is 0 Å². The summed E-state index contributed by atoms with van der Waals surface area (Å²) in [6.45, 7) is 15.9. The number of ether oxygens (including phenoxy) is 2. The number of benzene rings is 1. The van der Waals surface area contributed by atoms with Crippen LogP contribution in [0.15, 0.2) is 41.9 Å². The van der Waals surface area contributed by atoms with Gasteiger partial charge in [0.2, 0.25) is 11.8 Å². The Hall–Kier alpha value is -5.63. The molecule has 3 saturated heterocycles. The maximum atomic E-state index is 14.7. The number of fused-ring (bicyclic) bond motifs is 6. The Balaban J connectivity index is 1.16. The van der Waals surface area contributed by atoms with E-state index in [4.69, 9.17) is 19.4 Å². The molecule has 6 bridgehead atoms. The van der Waals surface area contributed by atoms with E-state index in [-0.39, 0.29) is 43.4 Å². The second-order valence-corrected chi connectivity index (χ2v) is 20.3. The Kier molecular flexibility index (Phi) is 13.4. The number of aromatic nitrogens is 3. The molecule has 4 amide bonds. The van der Waals surface area contributed by atoms with Crippen molar-refractivity contribution in [1.29, 1.82) is 0 Å². The molecule has 4 aliphatic rings. The van der Waals surface area contributed by atoms with E-state index in [1.54, 1.807) is 30.0 Å². The lowest BCUT2D eigenvalue weighted by atomic mass is 9.84. The lowest BCUT2D eigenvalue weighted by Gasteiger charge is -2.36. The molecule has 1 unspecified atom stereocenters. The van der Waals surface area contributed by atoms with Crippen LogP contribution in [-0.4, -0.2) is 117 Å². The summed E-state index contributed by atoms with van der Waals surface area (Å²) >= 11 is 1.41. The number of nitrogens with one attached hydrogen (secondary N) is 2. The van der Waals surface area contributed by atoms with Crippen molar-refractivity contribution in [2.24, 2.45) is 16.7 Å². The normalized spacial score (nSPS) is 23.2. The van der Waals surface area contributed by atoms with Gasteiger partial charge < -0.3 is 29.2 Å². The molecule has 1 spiro atoms. The largest absolute Gasteiger partial charge is 0.464 e. The third kappa shape index (κ3) is 8.97. The van der Waals surface area contributed by atoms with Gasteiger partial charge in [-0.05, 0) is 94.5 Å². The molecular weight excluding hydrogens is 857 g/mol. The summed E-state index contributed by atoms with van der Waals surface area (Å²) in [5.74, 6) is 3.17. The molecule has 3 fully saturated rings. The number of methoxy groups -OCH3 is 1. The number of nitrogens with zero attached hydrogens (tertiary/aromatic N) is 6. The van der Waals surface area contributed by atoms with Crippen molar-refractivity contribution in [3.8, 4) is 34.4 Å². The molecule has 4 aliphatic heterocycles. The van der Waals surface area contributed by atoms with Gasteiger partial charge in [-0.25, -0.2) is 10.4 Å². The first-order valence-corrected chi connectivity index (χ1v) is 24.1. The molecule has 0 saturated carbocycles. The van der Waals surface area contributed by atoms with Gasteiger partial charge in [0.25, 0.3) is 11.8 Å². The second-order valence-electron chi connectivity index (χ2n) is 19.3. The summed E-state index contributed by atoms with van der Waals surface area (Å²) in [6, 6.07) is 7.69. The SMILES string of the molecule is CC#CC(=O)N1CC[C@]2(CCN(C(C(=O)N[C@H]3Cc4nc(cs4)-c4ccc5c(c4)c(c(-c4cccnc4[C@H](C)OC)n5CC)CC(C)(C)COC(=O)[C@@H]4CCCN(N4)C3=O)C(C)C)C2=O)C1. The van der Waals surface area contributed by atoms with Gasteiger partial charge in [0.1, 0.15) is 18.1 Å². The number of thiazole rings is 1. The molecule has 16 heteroatoms. The zero-order valence-corrected chi connectivity index (χ0v) is 40.2. The monoisotopic (exact) mass is 918 g/mol. The lowest BCUT2D eigenvalue weighted by molar-refractivity contribution is -0.155. The zero-order valence-electron chi connectivity index (χ0n) is 39.4. The number of carbonyl (C=O) groups is 5. The van der Waals surface area contributed by atoms with Gasteiger partial charge in [0.05, 0.1) is 40.2 Å². The van der Waals surface area contributed by atoms with Crippen molar-refractivity contribution in [3.63, 3.8) is 0 Å². The molecule has 0 aliphatic carbocycles. The first kappa shape index (κ1) is 46.9. The van der Waals surface area contributed by atoms with E-state index >= 15 is 0 Å². The Morgan fingerprint density at radius 1 is 1.11 bits per heavy atom. The Morgan fingerprint density at radius 3 is 2.64 bits per heavy atom. The average Bonchev–Trinajstić information content (AvgIpc) is 4.10. The standard InChI is InChI=1S/C50H62N8O7S/c1-9-13-41(59)55-22-18-50(28-55)19-23-57(48(50)63)43(30(3)4)45(60)53-37-25-40-52-38(27-66-40)32-16-17-39-34(24-32)35(44(56(39)10-2)33-14-11-20-51-42(33)31(5)64-8)26-49(6,7)29-65-47(62)36-15-12-21-58(54-36)46(37)61/h11,14,16-17,20,24,27,30-31,36-37,43,54H,10,12,15,18-19,21-23,25-26,28-29H2,1-8H3,(H,53,60)/t31-,36-,37-,43?,50-/m0/s1. The van der Waals surface area contributed by atoms with Crippen LogP contribution in [0.1, 0.15) is 96.5 Å². The number of esters is 1. The van der Waals surface area contributed by atoms with Crippen molar-refractivity contribution in [1.82, 2.24) is 40.1 Å². The van der Waals surface area contributed by atoms with Crippen molar-refractivity contribution in [3.05, 3.63) is 58.2 Å². The van der Waals surface area contributed by atoms with Crippen LogP contribution in [0.3, 0.4) is 0 Å². The molecular formula is C50H62N8O7S. The molecule has 0 radical (unpaired) electrons. The van der Waals surface area contributed by atoms with E-state index in [0.29, 0.717) is 63.3 Å². The number of pyridine rings is 1. The lowest BCUT2D eigenvalue weighted by Crippen LogP contribution is -2.62. The van der Waals surface area contributed by atoms with Crippen LogP contribution in [0, 0.1) is 28.6 Å². The fourth-order valence-electron chi connectivity index (χ4n) is 10.3. The molecule has 2 N–H and O–H groups in total. The van der Waals surface area contributed by atoms with E-state index in [9.17, 15) is 24.0 Å². The van der Waals surface area contributed by atoms with Crippen LogP contribution >= 0.6 is 11.3 Å². The van der Waals surface area contributed by atoms with Crippen LogP contribution in [-0.2, 0) is 52.8 Å². The Morgan fingerprint density at radius 2 is 1.89 bits per heavy atom. The van der Waals surface area contributed by atoms with E-state index in [2.05, 4.69) is 72.2 Å². The number of hydrogen-bond acceptors (Lipinski definition) is 11. The summed E-state index contributed by atoms with van der Waals surface area (Å²) in [5, 5.41) is 8.17. The molecule has 3 aromatic heterocycles. The number of rotatable bonds is 8. The summed E-state index contributed by atoms with van der Waals surface area (Å²) in [4.78, 5) is 83.3. The van der Waals surface area contributed by atoms with Crippen LogP contribution in [0.25, 0.3) is 33.4 Å². The van der Waals surface area contributed by atoms with Gasteiger partial charge in [-0.15, -0.1) is 11.3 Å². The van der Waals surface area contributed by atoms with Crippen molar-refractivity contribution >= 4 is 51.8 Å². The molecule has 5 atom stereocenters. The molecule has 66 heavy (non-hydrogen) atoms. The fraction of sp³-hybridized carbons (Fsp3) is 0.540. The quantitative estimate of drug-likeness (QED) is 0.165. The summed E-state index contributed by atoms with van der Waals surface area (Å²) in [6.07, 6.45) is 4.22. The van der Waals surface area contributed by atoms with E-state index in [1.807, 2.05) is 32.2 Å². The van der Waals surface area contributed by atoms with Gasteiger partial charge in [-0.1, -0.05) is 39.7 Å². The number of aryl methyl sites for hydroxylation is 1. The highest BCUT2D eigenvalue weighted by molar-refractivity contribution is 7.10. The summed E-state index contributed by atoms with van der Waals surface area (Å²) < 4.78 is 14.2. The summed E-state index contributed by atoms with van der Waals surface area (Å²) in [7, 11) is 1.68. The van der Waals surface area contributed by atoms with Gasteiger partial charge in [-0.3, -0.25) is 34.0 Å². The maximum absolute atomic E-state index is 14.7. The van der Waals surface area contributed by atoms with Crippen molar-refractivity contribution in [2.75, 3.05) is 39.9 Å². The smallest absolute Gasteiger partial charge is 0.324 e. The number of likely N-dealkylation sites (tertiary alicyclic amines) is 2. The second kappa shape index (κ2) is 18.9. The van der Waals surface area contributed by atoms with E-state index in [1.165, 1.54) is 16.3 Å². The Bertz CT molecular complexity index is 2610. The van der Waals surface area contributed by atoms with E-state index in [0.717, 1.165) is 44.7 Å². The molecule has 350 valence electrons. The number of amides is 4. The van der Waals surface area contributed by atoms with Crippen LogP contribution in [0.4, 0.5) is 0 Å². The minimum Gasteiger partial charge on any atom is -0.464 e. The predicted octanol–water partition coefficient (Wildman–Crippen LogP) is 5.70. The molecule has 1 aromatic carbocycles.